The molecule has 0 unspecified atom stereocenters. The van der Waals surface area contributed by atoms with E-state index in [0.717, 1.165) is 12.8 Å². The molecule has 1 aliphatic rings. The summed E-state index contributed by atoms with van der Waals surface area (Å²) in [7, 11) is -4.19. The van der Waals surface area contributed by atoms with E-state index in [9.17, 15) is 22.8 Å². The summed E-state index contributed by atoms with van der Waals surface area (Å²) in [6.07, 6.45) is 1.93. The van der Waals surface area contributed by atoms with Crippen molar-refractivity contribution in [3.63, 3.8) is 0 Å². The quantitative estimate of drug-likeness (QED) is 0.461. The topological polar surface area (TPSA) is 104 Å². The van der Waals surface area contributed by atoms with Gasteiger partial charge in [0.05, 0.1) is 5.56 Å². The molecule has 0 radical (unpaired) electrons. The number of benzene rings is 2. The summed E-state index contributed by atoms with van der Waals surface area (Å²) in [5.41, 5.74) is 0.542. The van der Waals surface area contributed by atoms with Crippen molar-refractivity contribution in [2.75, 3.05) is 13.1 Å². The molecule has 8 nitrogen and oxygen atoms in total. The highest BCUT2D eigenvalue weighted by Crippen LogP contribution is 2.30. The van der Waals surface area contributed by atoms with Crippen LogP contribution < -0.4 is 5.32 Å². The summed E-state index contributed by atoms with van der Waals surface area (Å²) in [6.45, 7) is 3.39. The minimum atomic E-state index is -4.19. The number of carbonyl (C=O) groups excluding carboxylic acids is 3. The molecule has 1 aliphatic heterocycles. The van der Waals surface area contributed by atoms with Crippen LogP contribution in [-0.2, 0) is 26.2 Å². The van der Waals surface area contributed by atoms with E-state index >= 15 is 0 Å². The molecule has 1 N–H and O–H groups in total. The second-order valence-electron chi connectivity index (χ2n) is 8.14. The predicted molar refractivity (Wildman–Crippen MR) is 134 cm³/mol. The number of unbranched alkanes of at least 4 members (excludes halogenated alkanes) is 1. The number of nitrogens with zero attached hydrogens (tertiary/aromatic N) is 2. The average molecular weight is 540 g/mol. The zero-order valence-corrected chi connectivity index (χ0v) is 21.8. The maximum Gasteiger partial charge on any atom is 0.269 e. The van der Waals surface area contributed by atoms with E-state index in [1.165, 1.54) is 29.2 Å². The predicted octanol–water partition coefficient (Wildman–Crippen LogP) is 3.86. The van der Waals surface area contributed by atoms with Crippen molar-refractivity contribution in [3.05, 3.63) is 63.6 Å². The summed E-state index contributed by atoms with van der Waals surface area (Å²) < 4.78 is 26.5. The zero-order valence-electron chi connectivity index (χ0n) is 19.5. The number of hydrogen-bond donors (Lipinski definition) is 1. The van der Waals surface area contributed by atoms with Crippen molar-refractivity contribution >= 4 is 50.9 Å². The molecular weight excluding hydrogens is 513 g/mol. The van der Waals surface area contributed by atoms with Crippen molar-refractivity contribution < 1.29 is 22.8 Å². The summed E-state index contributed by atoms with van der Waals surface area (Å²) >= 11 is 12.3. The molecule has 3 amide bonds. The molecule has 2 aromatic carbocycles. The van der Waals surface area contributed by atoms with Gasteiger partial charge in [0, 0.05) is 23.1 Å². The van der Waals surface area contributed by atoms with Crippen molar-refractivity contribution in [2.45, 2.75) is 50.6 Å². The van der Waals surface area contributed by atoms with E-state index in [2.05, 4.69) is 5.32 Å². The van der Waals surface area contributed by atoms with Crippen LogP contribution in [0, 0.1) is 0 Å². The second kappa shape index (κ2) is 11.4. The van der Waals surface area contributed by atoms with E-state index < -0.39 is 34.4 Å². The Morgan fingerprint density at radius 1 is 1.11 bits per heavy atom. The van der Waals surface area contributed by atoms with Crippen molar-refractivity contribution in [2.24, 2.45) is 0 Å². The van der Waals surface area contributed by atoms with Gasteiger partial charge in [0.25, 0.3) is 15.9 Å². The van der Waals surface area contributed by atoms with Gasteiger partial charge in [-0.1, -0.05) is 61.7 Å². The Hall–Kier alpha value is -2.62. The number of carbonyl (C=O) groups is 3. The Bertz CT molecular complexity index is 1240. The number of fused-ring (bicyclic) bond motifs is 1. The van der Waals surface area contributed by atoms with Gasteiger partial charge in [0.1, 0.15) is 17.5 Å². The van der Waals surface area contributed by atoms with Crippen LogP contribution >= 0.6 is 23.2 Å². The maximum atomic E-state index is 13.5. The Balaban J connectivity index is 1.92. The lowest BCUT2D eigenvalue weighted by molar-refractivity contribution is -0.141. The highest BCUT2D eigenvalue weighted by molar-refractivity contribution is 7.90. The maximum absolute atomic E-state index is 13.5. The van der Waals surface area contributed by atoms with Crippen LogP contribution in [0.5, 0.6) is 0 Å². The minimum absolute atomic E-state index is 0.0111. The SMILES string of the molecule is CCCCNC(=O)[C@@H](CC)N(Cc1ccc(Cl)cc1Cl)C(=O)CN1C(=O)c2ccccc2S1(=O)=O. The Morgan fingerprint density at radius 2 is 1.83 bits per heavy atom. The molecule has 35 heavy (non-hydrogen) atoms. The normalized spacial score (nSPS) is 15.0. The molecule has 0 saturated carbocycles. The number of amides is 3. The molecule has 3 rings (SSSR count). The molecular formula is C24H27Cl2N3O5S. The van der Waals surface area contributed by atoms with E-state index in [1.54, 1.807) is 25.1 Å². The first-order valence-electron chi connectivity index (χ1n) is 11.3. The van der Waals surface area contributed by atoms with E-state index in [-0.39, 0.29) is 29.3 Å². The van der Waals surface area contributed by atoms with Crippen LogP contribution in [0.2, 0.25) is 10.0 Å². The first-order chi connectivity index (χ1) is 16.6. The van der Waals surface area contributed by atoms with Crippen molar-refractivity contribution in [1.82, 2.24) is 14.5 Å². The Labute approximate surface area is 215 Å². The van der Waals surface area contributed by atoms with Crippen LogP contribution in [0.3, 0.4) is 0 Å². The first kappa shape index (κ1) is 27.0. The number of sulfonamides is 1. The highest BCUT2D eigenvalue weighted by Gasteiger charge is 2.43. The lowest BCUT2D eigenvalue weighted by Gasteiger charge is -2.32. The lowest BCUT2D eigenvalue weighted by atomic mass is 10.1. The summed E-state index contributed by atoms with van der Waals surface area (Å²) in [4.78, 5) is 40.4. The van der Waals surface area contributed by atoms with Crippen molar-refractivity contribution in [3.8, 4) is 0 Å². The summed E-state index contributed by atoms with van der Waals surface area (Å²) in [5.74, 6) is -1.84. The fraction of sp³-hybridized carbons (Fsp3) is 0.375. The minimum Gasteiger partial charge on any atom is -0.354 e. The number of nitrogens with one attached hydrogen (secondary N) is 1. The molecule has 0 spiro atoms. The van der Waals surface area contributed by atoms with Crippen LogP contribution in [0.4, 0.5) is 0 Å². The van der Waals surface area contributed by atoms with Gasteiger partial charge in [0.15, 0.2) is 0 Å². The van der Waals surface area contributed by atoms with Gasteiger partial charge in [-0.05, 0) is 42.7 Å². The third kappa shape index (κ3) is 5.79. The molecule has 2 aromatic rings. The molecule has 188 valence electrons. The Kier molecular flexibility index (Phi) is 8.79. The summed E-state index contributed by atoms with van der Waals surface area (Å²) in [6, 6.07) is 9.68. The molecule has 0 aliphatic carbocycles. The van der Waals surface area contributed by atoms with Gasteiger partial charge in [-0.2, -0.15) is 0 Å². The molecule has 0 aromatic heterocycles. The van der Waals surface area contributed by atoms with E-state index in [1.807, 2.05) is 6.92 Å². The third-order valence-corrected chi connectivity index (χ3v) is 8.14. The van der Waals surface area contributed by atoms with Crippen LogP contribution in [0.1, 0.15) is 49.0 Å². The largest absolute Gasteiger partial charge is 0.354 e. The average Bonchev–Trinajstić information content (AvgIpc) is 3.01. The molecule has 1 atom stereocenters. The van der Waals surface area contributed by atoms with Crippen LogP contribution in [-0.4, -0.2) is 54.5 Å². The smallest absolute Gasteiger partial charge is 0.269 e. The standard InChI is InChI=1S/C24H27Cl2N3O5S/c1-3-5-12-27-23(31)20(4-2)28(14-16-10-11-17(25)13-19(16)26)22(30)15-29-24(32)18-8-6-7-9-21(18)35(29,33)34/h6-11,13,20H,3-5,12,14-15H2,1-2H3,(H,27,31)/t20-/m1/s1. The van der Waals surface area contributed by atoms with Gasteiger partial charge in [0.2, 0.25) is 11.8 Å². The van der Waals surface area contributed by atoms with Gasteiger partial charge in [-0.15, -0.1) is 0 Å². The molecule has 0 bridgehead atoms. The number of halogens is 2. The van der Waals surface area contributed by atoms with E-state index in [0.29, 0.717) is 26.5 Å². The molecule has 0 fully saturated rings. The fourth-order valence-electron chi connectivity index (χ4n) is 3.86. The van der Waals surface area contributed by atoms with Gasteiger partial charge >= 0.3 is 0 Å². The van der Waals surface area contributed by atoms with Crippen molar-refractivity contribution in [1.29, 1.82) is 0 Å². The molecule has 0 saturated heterocycles. The third-order valence-electron chi connectivity index (χ3n) is 5.76. The van der Waals surface area contributed by atoms with E-state index in [4.69, 9.17) is 23.2 Å². The first-order valence-corrected chi connectivity index (χ1v) is 13.5. The molecule has 11 heteroatoms. The monoisotopic (exact) mass is 539 g/mol. The molecule has 1 heterocycles. The summed E-state index contributed by atoms with van der Waals surface area (Å²) in [5, 5.41) is 3.54. The van der Waals surface area contributed by atoms with Gasteiger partial charge in [-0.25, -0.2) is 12.7 Å². The van der Waals surface area contributed by atoms with Crippen LogP contribution in [0.25, 0.3) is 0 Å². The van der Waals surface area contributed by atoms with Gasteiger partial charge in [-0.3, -0.25) is 14.4 Å². The fourth-order valence-corrected chi connectivity index (χ4v) is 5.85. The Morgan fingerprint density at radius 3 is 2.46 bits per heavy atom. The second-order valence-corrected chi connectivity index (χ2v) is 10.8. The van der Waals surface area contributed by atoms with Gasteiger partial charge < -0.3 is 10.2 Å². The number of rotatable bonds is 10. The number of hydrogen-bond acceptors (Lipinski definition) is 5. The lowest BCUT2D eigenvalue weighted by Crippen LogP contribution is -2.52. The van der Waals surface area contributed by atoms with Crippen LogP contribution in [0.15, 0.2) is 47.4 Å². The zero-order chi connectivity index (χ0) is 25.8. The highest BCUT2D eigenvalue weighted by atomic mass is 35.5.